The van der Waals surface area contributed by atoms with Crippen molar-refractivity contribution in [3.8, 4) is 5.75 Å². The van der Waals surface area contributed by atoms with Gasteiger partial charge in [-0.15, -0.1) is 0 Å². The van der Waals surface area contributed by atoms with Gasteiger partial charge in [-0.2, -0.15) is 4.98 Å². The van der Waals surface area contributed by atoms with Gasteiger partial charge in [0.15, 0.2) is 5.82 Å². The van der Waals surface area contributed by atoms with Crippen LogP contribution >= 0.6 is 0 Å². The molecule has 0 aliphatic heterocycles. The third-order valence-electron chi connectivity index (χ3n) is 2.80. The first-order valence-corrected chi connectivity index (χ1v) is 6.98. The molecule has 5 nitrogen and oxygen atoms in total. The minimum atomic E-state index is 0.268. The van der Waals surface area contributed by atoms with E-state index in [0.717, 1.165) is 30.2 Å². The predicted molar refractivity (Wildman–Crippen MR) is 77.9 cm³/mol. The summed E-state index contributed by atoms with van der Waals surface area (Å²) in [7, 11) is 0. The molecule has 20 heavy (non-hydrogen) atoms. The zero-order valence-corrected chi connectivity index (χ0v) is 12.2. The molecule has 0 unspecified atom stereocenters. The number of ether oxygens (including phenoxy) is 1. The summed E-state index contributed by atoms with van der Waals surface area (Å²) in [6, 6.07) is 8.45. The van der Waals surface area contributed by atoms with Crippen LogP contribution in [0, 0.1) is 0 Å². The third-order valence-corrected chi connectivity index (χ3v) is 2.80. The molecule has 0 aliphatic rings. The van der Waals surface area contributed by atoms with Crippen molar-refractivity contribution in [2.45, 2.75) is 39.7 Å². The van der Waals surface area contributed by atoms with E-state index in [4.69, 9.17) is 9.26 Å². The number of nitrogens with one attached hydrogen (secondary N) is 1. The zero-order chi connectivity index (χ0) is 14.4. The number of anilines is 1. The number of hydrogen-bond acceptors (Lipinski definition) is 5. The van der Waals surface area contributed by atoms with Crippen LogP contribution in [-0.4, -0.2) is 16.7 Å². The molecule has 0 saturated heterocycles. The highest BCUT2D eigenvalue weighted by atomic mass is 16.5. The van der Waals surface area contributed by atoms with Gasteiger partial charge in [-0.3, -0.25) is 0 Å². The topological polar surface area (TPSA) is 60.2 Å². The second kappa shape index (κ2) is 6.93. The van der Waals surface area contributed by atoms with E-state index in [1.807, 2.05) is 38.1 Å². The molecule has 0 bridgehead atoms. The molecular weight excluding hydrogens is 254 g/mol. The van der Waals surface area contributed by atoms with E-state index in [1.54, 1.807) is 0 Å². The van der Waals surface area contributed by atoms with Gasteiger partial charge >= 0.3 is 6.01 Å². The molecule has 0 amide bonds. The van der Waals surface area contributed by atoms with Crippen molar-refractivity contribution in [2.75, 3.05) is 11.9 Å². The fraction of sp³-hybridized carbons (Fsp3) is 0.467. The van der Waals surface area contributed by atoms with Crippen LogP contribution in [0.3, 0.4) is 0 Å². The van der Waals surface area contributed by atoms with Crippen LogP contribution in [-0.2, 0) is 6.54 Å². The number of benzene rings is 1. The SMILES string of the molecule is CCCOc1ccc(CNc2nc(C(C)C)no2)cc1. The van der Waals surface area contributed by atoms with Crippen molar-refractivity contribution < 1.29 is 9.26 Å². The Morgan fingerprint density at radius 1 is 1.25 bits per heavy atom. The van der Waals surface area contributed by atoms with Crippen LogP contribution in [0.1, 0.15) is 44.5 Å². The highest BCUT2D eigenvalue weighted by Crippen LogP contribution is 2.15. The molecule has 0 fully saturated rings. The lowest BCUT2D eigenvalue weighted by molar-refractivity contribution is 0.317. The molecule has 1 N–H and O–H groups in total. The Kier molecular flexibility index (Phi) is 4.98. The lowest BCUT2D eigenvalue weighted by atomic mass is 10.2. The molecule has 0 radical (unpaired) electrons. The average Bonchev–Trinajstić information content (AvgIpc) is 2.93. The Balaban J connectivity index is 1.86. The maximum atomic E-state index is 5.54. The van der Waals surface area contributed by atoms with Gasteiger partial charge in [-0.25, -0.2) is 0 Å². The van der Waals surface area contributed by atoms with Gasteiger partial charge in [-0.1, -0.05) is 38.1 Å². The van der Waals surface area contributed by atoms with Gasteiger partial charge in [-0.05, 0) is 24.1 Å². The summed E-state index contributed by atoms with van der Waals surface area (Å²) in [6.07, 6.45) is 1.01. The van der Waals surface area contributed by atoms with Crippen LogP contribution < -0.4 is 10.1 Å². The van der Waals surface area contributed by atoms with E-state index in [9.17, 15) is 0 Å². The Labute approximate surface area is 119 Å². The van der Waals surface area contributed by atoms with Gasteiger partial charge < -0.3 is 14.6 Å². The summed E-state index contributed by atoms with van der Waals surface area (Å²) >= 11 is 0. The standard InChI is InChI=1S/C15H21N3O2/c1-4-9-19-13-7-5-12(6-8-13)10-16-15-17-14(11(2)3)18-20-15/h5-8,11H,4,9-10H2,1-3H3,(H,16,17,18). The molecule has 108 valence electrons. The fourth-order valence-corrected chi connectivity index (χ4v) is 1.64. The molecule has 1 aromatic carbocycles. The Morgan fingerprint density at radius 3 is 2.60 bits per heavy atom. The minimum absolute atomic E-state index is 0.268. The fourth-order valence-electron chi connectivity index (χ4n) is 1.64. The van der Waals surface area contributed by atoms with E-state index in [0.29, 0.717) is 12.6 Å². The molecule has 0 aliphatic carbocycles. The quantitative estimate of drug-likeness (QED) is 0.836. The highest BCUT2D eigenvalue weighted by Gasteiger charge is 2.08. The van der Waals surface area contributed by atoms with E-state index in [2.05, 4.69) is 22.4 Å². The summed E-state index contributed by atoms with van der Waals surface area (Å²) in [5.41, 5.74) is 1.14. The number of rotatable bonds is 7. The largest absolute Gasteiger partial charge is 0.494 e. The molecule has 5 heteroatoms. The Morgan fingerprint density at radius 2 is 2.00 bits per heavy atom. The number of nitrogens with zero attached hydrogens (tertiary/aromatic N) is 2. The molecule has 0 spiro atoms. The molecule has 0 atom stereocenters. The first-order chi connectivity index (χ1) is 9.69. The molecule has 2 rings (SSSR count). The Bertz CT molecular complexity index is 520. The van der Waals surface area contributed by atoms with Gasteiger partial charge in [0.05, 0.1) is 6.61 Å². The van der Waals surface area contributed by atoms with Crippen LogP contribution in [0.4, 0.5) is 6.01 Å². The van der Waals surface area contributed by atoms with E-state index < -0.39 is 0 Å². The minimum Gasteiger partial charge on any atom is -0.494 e. The van der Waals surface area contributed by atoms with Gasteiger partial charge in [0.25, 0.3) is 0 Å². The summed E-state index contributed by atoms with van der Waals surface area (Å²) in [5, 5.41) is 7.02. The van der Waals surface area contributed by atoms with Gasteiger partial charge in [0, 0.05) is 12.5 Å². The zero-order valence-electron chi connectivity index (χ0n) is 12.2. The lowest BCUT2D eigenvalue weighted by Gasteiger charge is -2.06. The molecule has 0 saturated carbocycles. The summed E-state index contributed by atoms with van der Waals surface area (Å²) < 4.78 is 10.7. The van der Waals surface area contributed by atoms with Crippen molar-refractivity contribution in [2.24, 2.45) is 0 Å². The number of hydrogen-bond donors (Lipinski definition) is 1. The van der Waals surface area contributed by atoms with Gasteiger partial charge in [0.2, 0.25) is 0 Å². The van der Waals surface area contributed by atoms with Crippen LogP contribution in [0.2, 0.25) is 0 Å². The maximum absolute atomic E-state index is 5.54. The second-order valence-electron chi connectivity index (χ2n) is 4.96. The van der Waals surface area contributed by atoms with E-state index >= 15 is 0 Å². The smallest absolute Gasteiger partial charge is 0.321 e. The summed E-state index contributed by atoms with van der Waals surface area (Å²) in [6.45, 7) is 7.55. The van der Waals surface area contributed by atoms with Crippen LogP contribution in [0.5, 0.6) is 5.75 Å². The van der Waals surface area contributed by atoms with Crippen molar-refractivity contribution in [3.05, 3.63) is 35.7 Å². The predicted octanol–water partition coefficient (Wildman–Crippen LogP) is 3.59. The van der Waals surface area contributed by atoms with Crippen LogP contribution in [0.15, 0.2) is 28.8 Å². The van der Waals surface area contributed by atoms with Crippen molar-refractivity contribution >= 4 is 6.01 Å². The van der Waals surface area contributed by atoms with E-state index in [-0.39, 0.29) is 5.92 Å². The average molecular weight is 275 g/mol. The normalized spacial score (nSPS) is 10.8. The summed E-state index contributed by atoms with van der Waals surface area (Å²) in [4.78, 5) is 4.27. The van der Waals surface area contributed by atoms with Crippen LogP contribution in [0.25, 0.3) is 0 Å². The van der Waals surface area contributed by atoms with Crippen molar-refractivity contribution in [1.29, 1.82) is 0 Å². The molecule has 2 aromatic rings. The molecule has 1 heterocycles. The second-order valence-corrected chi connectivity index (χ2v) is 4.96. The first-order valence-electron chi connectivity index (χ1n) is 6.98. The maximum Gasteiger partial charge on any atom is 0.321 e. The monoisotopic (exact) mass is 275 g/mol. The van der Waals surface area contributed by atoms with Gasteiger partial charge in [0.1, 0.15) is 5.75 Å². The van der Waals surface area contributed by atoms with E-state index in [1.165, 1.54) is 0 Å². The van der Waals surface area contributed by atoms with Crippen molar-refractivity contribution in [1.82, 2.24) is 10.1 Å². The Hall–Kier alpha value is -2.04. The highest BCUT2D eigenvalue weighted by molar-refractivity contribution is 5.30. The number of aromatic nitrogens is 2. The molecular formula is C15H21N3O2. The lowest BCUT2D eigenvalue weighted by Crippen LogP contribution is -2.00. The van der Waals surface area contributed by atoms with Crippen molar-refractivity contribution in [3.63, 3.8) is 0 Å². The first kappa shape index (κ1) is 14.4. The summed E-state index contributed by atoms with van der Waals surface area (Å²) in [5.74, 6) is 1.88. The molecule has 1 aromatic heterocycles. The third kappa shape index (κ3) is 3.98.